The van der Waals surface area contributed by atoms with Crippen LogP contribution in [0.4, 0.5) is 10.3 Å². The fourth-order valence-electron chi connectivity index (χ4n) is 4.66. The van der Waals surface area contributed by atoms with Gasteiger partial charge in [0.1, 0.15) is 0 Å². The number of anilines is 1. The topological polar surface area (TPSA) is 58.6 Å². The molecule has 0 saturated carbocycles. The fraction of sp³-hybridized carbons (Fsp3) is 0.583. The predicted molar refractivity (Wildman–Crippen MR) is 137 cm³/mol. The summed E-state index contributed by atoms with van der Waals surface area (Å²) in [7, 11) is 0.0412. The van der Waals surface area contributed by atoms with E-state index in [-0.39, 0.29) is 5.82 Å². The van der Waals surface area contributed by atoms with Gasteiger partial charge in [-0.1, -0.05) is 15.4 Å². The number of thiol groups is 1. The molecule has 2 aliphatic heterocycles. The second-order valence-electron chi connectivity index (χ2n) is 9.30. The Kier molecular flexibility index (Phi) is 7.98. The van der Waals surface area contributed by atoms with Crippen molar-refractivity contribution in [1.29, 1.82) is 0 Å². The van der Waals surface area contributed by atoms with E-state index in [2.05, 4.69) is 30.2 Å². The molecule has 0 N–H and O–H groups in total. The zero-order valence-electron chi connectivity index (χ0n) is 19.7. The van der Waals surface area contributed by atoms with E-state index >= 15 is 0 Å². The normalized spacial score (nSPS) is 18.2. The lowest BCUT2D eigenvalue weighted by atomic mass is 9.92. The highest BCUT2D eigenvalue weighted by Gasteiger charge is 2.24. The highest BCUT2D eigenvalue weighted by atomic mass is 32.8. The summed E-state index contributed by atoms with van der Waals surface area (Å²) in [6.07, 6.45) is 11.6. The van der Waals surface area contributed by atoms with Gasteiger partial charge in [-0.3, -0.25) is 4.21 Å². The SMILES string of the molecule is CCc1cnc(N2CCC(CCCOc3cc4c(cc3F)CN([SH](C)(=O)P)CC4)CC2)nc1. The number of fused-ring (bicyclic) bond motifs is 1. The van der Waals surface area contributed by atoms with Gasteiger partial charge in [0.15, 0.2) is 11.6 Å². The van der Waals surface area contributed by atoms with Crippen LogP contribution in [0.1, 0.15) is 49.3 Å². The van der Waals surface area contributed by atoms with Crippen molar-refractivity contribution < 1.29 is 13.3 Å². The van der Waals surface area contributed by atoms with Gasteiger partial charge in [0.05, 0.1) is 6.61 Å². The van der Waals surface area contributed by atoms with Crippen molar-refractivity contribution >= 4 is 24.1 Å². The minimum Gasteiger partial charge on any atom is -0.491 e. The molecule has 1 unspecified atom stereocenters. The van der Waals surface area contributed by atoms with Crippen molar-refractivity contribution in [1.82, 2.24) is 14.3 Å². The third-order valence-electron chi connectivity index (χ3n) is 6.82. The maximum absolute atomic E-state index is 14.6. The Morgan fingerprint density at radius 1 is 1.18 bits per heavy atom. The smallest absolute Gasteiger partial charge is 0.225 e. The molecule has 1 atom stereocenters. The first-order valence-electron chi connectivity index (χ1n) is 11.9. The second kappa shape index (κ2) is 10.7. The number of halogens is 1. The molecule has 1 saturated heterocycles. The van der Waals surface area contributed by atoms with Gasteiger partial charge in [0.2, 0.25) is 5.95 Å². The van der Waals surface area contributed by atoms with Crippen molar-refractivity contribution in [2.45, 2.75) is 52.0 Å². The summed E-state index contributed by atoms with van der Waals surface area (Å²) in [5.41, 5.74) is 3.18. The van der Waals surface area contributed by atoms with Crippen LogP contribution in [0, 0.1) is 11.7 Å². The first-order chi connectivity index (χ1) is 15.8. The number of benzene rings is 1. The van der Waals surface area contributed by atoms with Crippen LogP contribution in [-0.4, -0.2) is 51.0 Å². The van der Waals surface area contributed by atoms with E-state index in [1.807, 2.05) is 22.8 Å². The fourth-order valence-corrected chi connectivity index (χ4v) is 6.18. The van der Waals surface area contributed by atoms with Crippen LogP contribution in [0.2, 0.25) is 0 Å². The molecule has 2 aromatic rings. The number of aromatic nitrogens is 2. The first-order valence-corrected chi connectivity index (χ1v) is 15.7. The highest BCUT2D eigenvalue weighted by molar-refractivity contribution is 8.43. The summed E-state index contributed by atoms with van der Waals surface area (Å²) in [5.74, 6) is 1.51. The molecule has 1 fully saturated rings. The van der Waals surface area contributed by atoms with Gasteiger partial charge in [0, 0.05) is 44.8 Å². The van der Waals surface area contributed by atoms with Crippen molar-refractivity contribution in [2.75, 3.05) is 37.4 Å². The maximum atomic E-state index is 14.6. The zero-order valence-corrected chi connectivity index (χ0v) is 21.7. The minimum atomic E-state index is -2.40. The third-order valence-corrected chi connectivity index (χ3v) is 9.26. The van der Waals surface area contributed by atoms with Crippen molar-refractivity contribution in [3.8, 4) is 5.75 Å². The largest absolute Gasteiger partial charge is 0.491 e. The van der Waals surface area contributed by atoms with Gasteiger partial charge in [-0.25, -0.2) is 18.7 Å². The lowest BCUT2D eigenvalue weighted by Gasteiger charge is -2.34. The van der Waals surface area contributed by atoms with Crippen LogP contribution in [0.25, 0.3) is 0 Å². The van der Waals surface area contributed by atoms with Crippen LogP contribution < -0.4 is 9.64 Å². The molecule has 0 amide bonds. The first kappa shape index (κ1) is 24.5. The highest BCUT2D eigenvalue weighted by Crippen LogP contribution is 2.31. The second-order valence-corrected chi connectivity index (χ2v) is 14.6. The van der Waals surface area contributed by atoms with Crippen molar-refractivity contribution in [3.63, 3.8) is 0 Å². The molecule has 9 heteroatoms. The molecular formula is C24H36FN4O2PS. The molecule has 0 spiro atoms. The van der Waals surface area contributed by atoms with E-state index in [1.54, 1.807) is 12.3 Å². The summed E-state index contributed by atoms with van der Waals surface area (Å²) in [6, 6.07) is 3.40. The number of ether oxygens (including phenoxy) is 1. The Bertz CT molecular complexity index is 993. The molecule has 0 radical (unpaired) electrons. The molecule has 3 heterocycles. The lowest BCUT2D eigenvalue weighted by molar-refractivity contribution is 0.268. The van der Waals surface area contributed by atoms with Gasteiger partial charge in [0.25, 0.3) is 0 Å². The average molecular weight is 495 g/mol. The minimum absolute atomic E-state index is 0.326. The average Bonchev–Trinajstić information content (AvgIpc) is 2.81. The van der Waals surface area contributed by atoms with Gasteiger partial charge in [-0.05, 0) is 83.0 Å². The molecule has 33 heavy (non-hydrogen) atoms. The Labute approximate surface area is 199 Å². The van der Waals surface area contributed by atoms with Crippen LogP contribution in [0.3, 0.4) is 0 Å². The molecule has 1 aromatic heterocycles. The van der Waals surface area contributed by atoms with E-state index in [4.69, 9.17) is 4.74 Å². The number of rotatable bonds is 8. The van der Waals surface area contributed by atoms with E-state index < -0.39 is 9.74 Å². The number of piperidine rings is 1. The van der Waals surface area contributed by atoms with Crippen LogP contribution in [0.15, 0.2) is 24.5 Å². The summed E-state index contributed by atoms with van der Waals surface area (Å²) < 4.78 is 34.7. The van der Waals surface area contributed by atoms with Crippen molar-refractivity contribution in [3.05, 3.63) is 47.0 Å². The standard InChI is InChI=1S/C24H36FN4O2PS/c1-3-18-15-26-24(27-16-18)28-9-6-19(7-10-28)5-4-12-31-23-14-20-8-11-29(33(2,30)32)17-21(20)13-22(23)25/h13-16,19,33H,3-12,17,32H2,1-2H3. The third kappa shape index (κ3) is 6.28. The Balaban J connectivity index is 1.21. The van der Waals surface area contributed by atoms with Gasteiger partial charge >= 0.3 is 0 Å². The van der Waals surface area contributed by atoms with E-state index in [0.29, 0.717) is 24.8 Å². The molecular weight excluding hydrogens is 458 g/mol. The van der Waals surface area contributed by atoms with Gasteiger partial charge in [-0.15, -0.1) is 0 Å². The van der Waals surface area contributed by atoms with Crippen LogP contribution in [-0.2, 0) is 29.1 Å². The predicted octanol–water partition coefficient (Wildman–Crippen LogP) is 3.96. The molecule has 4 rings (SSSR count). The number of hydrogen-bond acceptors (Lipinski definition) is 5. The maximum Gasteiger partial charge on any atom is 0.225 e. The number of nitrogens with zero attached hydrogens (tertiary/aromatic N) is 4. The van der Waals surface area contributed by atoms with Gasteiger partial charge < -0.3 is 9.64 Å². The van der Waals surface area contributed by atoms with Crippen LogP contribution >= 0.6 is 8.44 Å². The van der Waals surface area contributed by atoms with Crippen molar-refractivity contribution in [2.24, 2.45) is 5.92 Å². The molecule has 6 nitrogen and oxygen atoms in total. The molecule has 0 aliphatic carbocycles. The van der Waals surface area contributed by atoms with E-state index in [1.165, 1.54) is 0 Å². The number of aryl methyl sites for hydroxylation is 1. The van der Waals surface area contributed by atoms with Gasteiger partial charge in [-0.2, -0.15) is 0 Å². The van der Waals surface area contributed by atoms with Crippen LogP contribution in [0.5, 0.6) is 5.75 Å². The molecule has 1 aromatic carbocycles. The Morgan fingerprint density at radius 3 is 2.58 bits per heavy atom. The monoisotopic (exact) mass is 494 g/mol. The Morgan fingerprint density at radius 2 is 1.91 bits per heavy atom. The molecule has 2 aliphatic rings. The zero-order chi connectivity index (χ0) is 23.4. The van der Waals surface area contributed by atoms with E-state index in [0.717, 1.165) is 80.8 Å². The van der Waals surface area contributed by atoms with E-state index in [9.17, 15) is 8.60 Å². The molecule has 0 bridgehead atoms. The number of hydrogen-bond donors (Lipinski definition) is 1. The lowest BCUT2D eigenvalue weighted by Crippen LogP contribution is -2.36. The summed E-state index contributed by atoms with van der Waals surface area (Å²) in [5, 5.41) is 0. The molecule has 182 valence electrons. The quantitative estimate of drug-likeness (QED) is 0.342. The Hall–Kier alpha value is -1.63. The summed E-state index contributed by atoms with van der Waals surface area (Å²) in [4.78, 5) is 11.3. The summed E-state index contributed by atoms with van der Waals surface area (Å²) in [6.45, 7) is 5.85. The summed E-state index contributed by atoms with van der Waals surface area (Å²) >= 11 is 0.